The molecule has 1 amide bonds. The molecule has 2 heterocycles. The zero-order chi connectivity index (χ0) is 24.0. The maximum absolute atomic E-state index is 13.6. The summed E-state index contributed by atoms with van der Waals surface area (Å²) in [5.74, 6) is 1.41. The molecule has 4 aromatic rings. The first-order chi connectivity index (χ1) is 16.3. The van der Waals surface area contributed by atoms with Crippen molar-refractivity contribution in [2.75, 3.05) is 13.8 Å². The van der Waals surface area contributed by atoms with Crippen LogP contribution in [0.15, 0.2) is 69.9 Å². The normalized spacial score (nSPS) is 13.2. The molecule has 172 valence electrons. The van der Waals surface area contributed by atoms with Crippen molar-refractivity contribution in [1.82, 2.24) is 14.5 Å². The van der Waals surface area contributed by atoms with E-state index in [1.54, 1.807) is 46.8 Å². The van der Waals surface area contributed by atoms with Gasteiger partial charge in [-0.15, -0.1) is 0 Å². The number of amides is 1. The average Bonchev–Trinajstić information content (AvgIpc) is 3.32. The highest BCUT2D eigenvalue weighted by molar-refractivity contribution is 9.10. The highest BCUT2D eigenvalue weighted by Gasteiger charge is 2.26. The quantitative estimate of drug-likeness (QED) is 0.378. The van der Waals surface area contributed by atoms with E-state index >= 15 is 0 Å². The Morgan fingerprint density at radius 2 is 1.79 bits per heavy atom. The number of nitrogens with zero attached hydrogens (tertiary/aromatic N) is 3. The van der Waals surface area contributed by atoms with Gasteiger partial charge >= 0.3 is 0 Å². The van der Waals surface area contributed by atoms with Crippen molar-refractivity contribution in [2.45, 2.75) is 19.9 Å². The van der Waals surface area contributed by atoms with Gasteiger partial charge in [-0.2, -0.15) is 0 Å². The molecule has 0 saturated carbocycles. The molecule has 8 heteroatoms. The van der Waals surface area contributed by atoms with Crippen LogP contribution in [0.4, 0.5) is 0 Å². The van der Waals surface area contributed by atoms with Crippen molar-refractivity contribution < 1.29 is 14.3 Å². The SMILES string of the molecule is Cc1ccc(-n2c(C(C)N(C)C(=O)c3ccc4c(c3)OCO4)nc3ccc(Br)cc3c2=O)cc1. The first-order valence-electron chi connectivity index (χ1n) is 10.8. The summed E-state index contributed by atoms with van der Waals surface area (Å²) in [7, 11) is 1.70. The number of halogens is 1. The average molecular weight is 520 g/mol. The molecule has 5 rings (SSSR count). The van der Waals surface area contributed by atoms with Crippen LogP contribution in [0.2, 0.25) is 0 Å². The summed E-state index contributed by atoms with van der Waals surface area (Å²) < 4.78 is 13.1. The van der Waals surface area contributed by atoms with Crippen molar-refractivity contribution in [1.29, 1.82) is 0 Å². The van der Waals surface area contributed by atoms with Crippen molar-refractivity contribution in [3.63, 3.8) is 0 Å². The van der Waals surface area contributed by atoms with Crippen LogP contribution in [-0.4, -0.2) is 34.2 Å². The van der Waals surface area contributed by atoms with Crippen LogP contribution >= 0.6 is 15.9 Å². The molecule has 0 spiro atoms. The Labute approximate surface area is 204 Å². The van der Waals surface area contributed by atoms with Gasteiger partial charge in [-0.3, -0.25) is 14.2 Å². The molecule has 1 aliphatic heterocycles. The number of aromatic nitrogens is 2. The zero-order valence-corrected chi connectivity index (χ0v) is 20.5. The van der Waals surface area contributed by atoms with Crippen LogP contribution in [0.3, 0.4) is 0 Å². The number of carbonyl (C=O) groups is 1. The summed E-state index contributed by atoms with van der Waals surface area (Å²) in [6.07, 6.45) is 0. The summed E-state index contributed by atoms with van der Waals surface area (Å²) in [6.45, 7) is 3.99. The number of benzene rings is 3. The molecule has 34 heavy (non-hydrogen) atoms. The van der Waals surface area contributed by atoms with E-state index in [-0.39, 0.29) is 18.3 Å². The minimum Gasteiger partial charge on any atom is -0.454 e. The zero-order valence-electron chi connectivity index (χ0n) is 18.9. The fourth-order valence-electron chi connectivity index (χ4n) is 3.98. The molecule has 1 aromatic heterocycles. The fourth-order valence-corrected chi connectivity index (χ4v) is 4.34. The molecule has 3 aromatic carbocycles. The van der Waals surface area contributed by atoms with Gasteiger partial charge in [0.1, 0.15) is 5.82 Å². The van der Waals surface area contributed by atoms with Crippen molar-refractivity contribution in [3.05, 3.63) is 92.4 Å². The van der Waals surface area contributed by atoms with E-state index in [1.165, 1.54) is 0 Å². The minimum atomic E-state index is -0.500. The first-order valence-corrected chi connectivity index (χ1v) is 11.6. The van der Waals surface area contributed by atoms with Gasteiger partial charge < -0.3 is 14.4 Å². The summed E-state index contributed by atoms with van der Waals surface area (Å²) in [4.78, 5) is 33.4. The smallest absolute Gasteiger partial charge is 0.266 e. The van der Waals surface area contributed by atoms with Gasteiger partial charge in [0.25, 0.3) is 11.5 Å². The van der Waals surface area contributed by atoms with Crippen LogP contribution in [-0.2, 0) is 0 Å². The third-order valence-electron chi connectivity index (χ3n) is 6.04. The highest BCUT2D eigenvalue weighted by atomic mass is 79.9. The second kappa shape index (κ2) is 8.61. The maximum atomic E-state index is 13.6. The Hall–Kier alpha value is -3.65. The van der Waals surface area contributed by atoms with E-state index in [4.69, 9.17) is 14.5 Å². The summed E-state index contributed by atoms with van der Waals surface area (Å²) in [5.41, 5.74) is 2.62. The lowest BCUT2D eigenvalue weighted by atomic mass is 10.1. The van der Waals surface area contributed by atoms with Crippen LogP contribution in [0.25, 0.3) is 16.6 Å². The molecular formula is C26H22BrN3O4. The van der Waals surface area contributed by atoms with E-state index in [1.807, 2.05) is 44.2 Å². The van der Waals surface area contributed by atoms with Crippen molar-refractivity contribution >= 4 is 32.7 Å². The van der Waals surface area contributed by atoms with Gasteiger partial charge in [0.2, 0.25) is 6.79 Å². The van der Waals surface area contributed by atoms with Crippen molar-refractivity contribution in [3.8, 4) is 17.2 Å². The second-order valence-electron chi connectivity index (χ2n) is 8.27. The van der Waals surface area contributed by atoms with E-state index < -0.39 is 6.04 Å². The van der Waals surface area contributed by atoms with E-state index in [0.717, 1.165) is 10.0 Å². The van der Waals surface area contributed by atoms with Gasteiger partial charge in [-0.25, -0.2) is 4.98 Å². The molecule has 0 saturated heterocycles. The van der Waals surface area contributed by atoms with E-state index in [0.29, 0.717) is 39.5 Å². The number of hydrogen-bond acceptors (Lipinski definition) is 5. The predicted molar refractivity (Wildman–Crippen MR) is 133 cm³/mol. The Morgan fingerprint density at radius 1 is 1.06 bits per heavy atom. The number of ether oxygens (including phenoxy) is 2. The Morgan fingerprint density at radius 3 is 2.56 bits per heavy atom. The van der Waals surface area contributed by atoms with E-state index in [9.17, 15) is 9.59 Å². The Balaban J connectivity index is 1.62. The second-order valence-corrected chi connectivity index (χ2v) is 9.18. The third kappa shape index (κ3) is 3.84. The molecule has 1 atom stereocenters. The molecular weight excluding hydrogens is 498 g/mol. The Bertz CT molecular complexity index is 1480. The molecule has 0 bridgehead atoms. The lowest BCUT2D eigenvalue weighted by Crippen LogP contribution is -2.34. The van der Waals surface area contributed by atoms with Crippen LogP contribution < -0.4 is 15.0 Å². The molecule has 1 unspecified atom stereocenters. The number of aryl methyl sites for hydroxylation is 1. The van der Waals surface area contributed by atoms with Gasteiger partial charge in [0.15, 0.2) is 11.5 Å². The monoisotopic (exact) mass is 519 g/mol. The molecule has 0 aliphatic carbocycles. The predicted octanol–water partition coefficient (Wildman–Crippen LogP) is 5.02. The molecule has 1 aliphatic rings. The van der Waals surface area contributed by atoms with Crippen LogP contribution in [0.5, 0.6) is 11.5 Å². The standard InChI is InChI=1S/C26H22BrN3O4/c1-15-4-8-19(9-5-15)30-24(28-21-10-7-18(27)13-20(21)26(30)32)16(2)29(3)25(31)17-6-11-22-23(12-17)34-14-33-22/h4-13,16H,14H2,1-3H3. The van der Waals surface area contributed by atoms with Gasteiger partial charge in [-0.1, -0.05) is 33.6 Å². The van der Waals surface area contributed by atoms with Gasteiger partial charge in [0.05, 0.1) is 22.6 Å². The summed E-state index contributed by atoms with van der Waals surface area (Å²) >= 11 is 3.45. The van der Waals surface area contributed by atoms with Crippen LogP contribution in [0.1, 0.15) is 34.7 Å². The Kier molecular flexibility index (Phi) is 5.61. The number of rotatable bonds is 4. The number of hydrogen-bond donors (Lipinski definition) is 0. The molecule has 0 radical (unpaired) electrons. The molecule has 0 fully saturated rings. The molecule has 7 nitrogen and oxygen atoms in total. The topological polar surface area (TPSA) is 73.7 Å². The highest BCUT2D eigenvalue weighted by Crippen LogP contribution is 2.33. The van der Waals surface area contributed by atoms with Crippen LogP contribution in [0, 0.1) is 6.92 Å². The maximum Gasteiger partial charge on any atom is 0.266 e. The van der Waals surface area contributed by atoms with Gasteiger partial charge in [0, 0.05) is 17.1 Å². The first kappa shape index (κ1) is 22.2. The largest absolute Gasteiger partial charge is 0.454 e. The van der Waals surface area contributed by atoms with Gasteiger partial charge in [-0.05, 0) is 62.4 Å². The summed E-state index contributed by atoms with van der Waals surface area (Å²) in [6, 6.07) is 17.7. The van der Waals surface area contributed by atoms with E-state index in [2.05, 4.69) is 15.9 Å². The lowest BCUT2D eigenvalue weighted by molar-refractivity contribution is 0.0734. The summed E-state index contributed by atoms with van der Waals surface area (Å²) in [5, 5.41) is 0.496. The van der Waals surface area contributed by atoms with Crippen molar-refractivity contribution in [2.24, 2.45) is 0 Å². The molecule has 0 N–H and O–H groups in total. The number of carbonyl (C=O) groups excluding carboxylic acids is 1. The lowest BCUT2D eigenvalue weighted by Gasteiger charge is -2.27. The number of fused-ring (bicyclic) bond motifs is 2. The fraction of sp³-hybridized carbons (Fsp3) is 0.192. The third-order valence-corrected chi connectivity index (χ3v) is 6.54. The minimum absolute atomic E-state index is 0.138.